The highest BCUT2D eigenvalue weighted by Gasteiger charge is 2.33. The number of nitrogens with zero attached hydrogens (tertiary/aromatic N) is 6. The maximum Gasteiger partial charge on any atom is 0.433 e. The summed E-state index contributed by atoms with van der Waals surface area (Å²) in [5.41, 5.74) is 8.46. The maximum atomic E-state index is 11.4. The number of nitrogens with two attached hydrogens (primary N) is 1. The van der Waals surface area contributed by atoms with Crippen LogP contribution in [0, 0.1) is 17.8 Å². The number of hydrogen-bond acceptors (Lipinski definition) is 7. The van der Waals surface area contributed by atoms with Crippen LogP contribution in [0.1, 0.15) is 76.2 Å². The average Bonchev–Trinajstić information content (AvgIpc) is 3.31. The molecule has 2 saturated carbocycles. The molecule has 1 saturated heterocycles. The number of rotatable bonds is 8. The summed E-state index contributed by atoms with van der Waals surface area (Å²) in [6, 6.07) is 8.00. The molecule has 2 aromatic heterocycles. The summed E-state index contributed by atoms with van der Waals surface area (Å²) in [5.74, 6) is 3.00. The van der Waals surface area contributed by atoms with Gasteiger partial charge in [-0.05, 0) is 68.1 Å². The third-order valence-corrected chi connectivity index (χ3v) is 9.72. The van der Waals surface area contributed by atoms with E-state index in [-0.39, 0.29) is 23.7 Å². The van der Waals surface area contributed by atoms with Gasteiger partial charge in [-0.3, -0.25) is 0 Å². The molecule has 1 unspecified atom stereocenters. The Morgan fingerprint density at radius 3 is 2.58 bits per heavy atom. The molecule has 1 aliphatic heterocycles. The van der Waals surface area contributed by atoms with Gasteiger partial charge in [-0.2, -0.15) is 9.98 Å². The van der Waals surface area contributed by atoms with E-state index in [1.807, 2.05) is 24.3 Å². The van der Waals surface area contributed by atoms with Gasteiger partial charge in [0.1, 0.15) is 5.52 Å². The number of aliphatic imine (C=N–C) groups is 1. The normalized spacial score (nSPS) is 24.1. The fourth-order valence-corrected chi connectivity index (χ4v) is 6.76. The molecule has 3 aromatic rings. The first-order valence-corrected chi connectivity index (χ1v) is 15.9. The third-order valence-electron chi connectivity index (χ3n) is 9.47. The van der Waals surface area contributed by atoms with Crippen molar-refractivity contribution in [3.8, 4) is 0 Å². The molecular formula is C31H41ClN8O3. The minimum atomic E-state index is -1.39. The summed E-state index contributed by atoms with van der Waals surface area (Å²) in [7, 11) is 0. The van der Waals surface area contributed by atoms with Crippen molar-refractivity contribution in [2.75, 3.05) is 30.0 Å². The molecule has 0 radical (unpaired) electrons. The standard InChI is InChI=1S/C31H41ClN8O3/c1-18-6-8-20(9-7-18)16-40-25-27(34-19(2)21-4-3-5-21)36-29(26(33)35-31(41)42)37-28(25)38-30(40)39-14-15-43-17-24(39)22-10-12-23(32)13-11-22/h10-13,18-21,24H,3-9,14-17H2,1-2H3,(H2,33,35)(H,41,42)(H,34,36,37)/t18?,19-,20?,24?/m1/s1. The van der Waals surface area contributed by atoms with E-state index in [1.54, 1.807) is 0 Å². The number of halogens is 1. The summed E-state index contributed by atoms with van der Waals surface area (Å²) in [5, 5.41) is 13.6. The van der Waals surface area contributed by atoms with E-state index in [1.165, 1.54) is 32.1 Å². The number of amidine groups is 1. The van der Waals surface area contributed by atoms with Crippen LogP contribution in [0.3, 0.4) is 0 Å². The molecular weight excluding hydrogens is 568 g/mol. The van der Waals surface area contributed by atoms with E-state index in [0.29, 0.717) is 48.1 Å². The van der Waals surface area contributed by atoms with Gasteiger partial charge >= 0.3 is 6.09 Å². The molecule has 2 aliphatic carbocycles. The van der Waals surface area contributed by atoms with Gasteiger partial charge in [-0.15, -0.1) is 0 Å². The lowest BCUT2D eigenvalue weighted by Crippen LogP contribution is -2.41. The molecule has 6 rings (SSSR count). The second kappa shape index (κ2) is 12.7. The van der Waals surface area contributed by atoms with Crippen molar-refractivity contribution in [3.63, 3.8) is 0 Å². The highest BCUT2D eigenvalue weighted by Crippen LogP contribution is 2.38. The summed E-state index contributed by atoms with van der Waals surface area (Å²) in [4.78, 5) is 31.8. The molecule has 12 heteroatoms. The Bertz CT molecular complexity index is 1480. The summed E-state index contributed by atoms with van der Waals surface area (Å²) < 4.78 is 8.25. The van der Waals surface area contributed by atoms with Crippen LogP contribution in [0.4, 0.5) is 16.6 Å². The molecule has 0 bridgehead atoms. The molecule has 0 spiro atoms. The highest BCUT2D eigenvalue weighted by atomic mass is 35.5. The molecule has 11 nitrogen and oxygen atoms in total. The Morgan fingerprint density at radius 1 is 1.16 bits per heavy atom. The quantitative estimate of drug-likeness (QED) is 0.211. The van der Waals surface area contributed by atoms with Crippen molar-refractivity contribution in [1.29, 1.82) is 0 Å². The van der Waals surface area contributed by atoms with E-state index in [4.69, 9.17) is 32.0 Å². The van der Waals surface area contributed by atoms with Gasteiger partial charge in [-0.25, -0.2) is 14.8 Å². The minimum absolute atomic E-state index is 0.0529. The highest BCUT2D eigenvalue weighted by molar-refractivity contribution is 6.30. The van der Waals surface area contributed by atoms with Crippen molar-refractivity contribution in [2.24, 2.45) is 28.5 Å². The van der Waals surface area contributed by atoms with Crippen molar-refractivity contribution in [2.45, 2.75) is 77.4 Å². The van der Waals surface area contributed by atoms with E-state index < -0.39 is 6.09 Å². The molecule has 43 heavy (non-hydrogen) atoms. The first-order chi connectivity index (χ1) is 20.8. The number of amides is 1. The Morgan fingerprint density at radius 2 is 1.91 bits per heavy atom. The molecule has 230 valence electrons. The van der Waals surface area contributed by atoms with E-state index in [2.05, 4.69) is 38.6 Å². The zero-order chi connectivity index (χ0) is 30.1. The topological polar surface area (TPSA) is 144 Å². The Balaban J connectivity index is 1.50. The molecule has 3 aliphatic rings. The molecule has 1 aromatic carbocycles. The number of hydrogen-bond donors (Lipinski definition) is 3. The zero-order valence-electron chi connectivity index (χ0n) is 24.9. The molecule has 1 amide bonds. The number of morpholine rings is 1. The van der Waals surface area contributed by atoms with Gasteiger partial charge < -0.3 is 30.4 Å². The smallest absolute Gasteiger partial charge is 0.433 e. The van der Waals surface area contributed by atoms with Crippen LogP contribution in [0.5, 0.6) is 0 Å². The lowest BCUT2D eigenvalue weighted by atomic mass is 9.80. The van der Waals surface area contributed by atoms with E-state index in [9.17, 15) is 9.90 Å². The monoisotopic (exact) mass is 608 g/mol. The number of aromatic nitrogens is 4. The van der Waals surface area contributed by atoms with Gasteiger partial charge in [0.15, 0.2) is 23.1 Å². The summed E-state index contributed by atoms with van der Waals surface area (Å²) >= 11 is 6.23. The van der Waals surface area contributed by atoms with Crippen molar-refractivity contribution < 1.29 is 14.6 Å². The first kappa shape index (κ1) is 29.6. The average molecular weight is 609 g/mol. The van der Waals surface area contributed by atoms with Gasteiger partial charge in [0.05, 0.1) is 19.3 Å². The number of anilines is 2. The van der Waals surface area contributed by atoms with Crippen LogP contribution in [-0.2, 0) is 11.3 Å². The van der Waals surface area contributed by atoms with Gasteiger partial charge in [-0.1, -0.05) is 49.9 Å². The number of imidazole rings is 1. The predicted molar refractivity (Wildman–Crippen MR) is 168 cm³/mol. The maximum absolute atomic E-state index is 11.4. The number of fused-ring (bicyclic) bond motifs is 1. The lowest BCUT2D eigenvalue weighted by Gasteiger charge is -2.37. The number of carboxylic acid groups (broad SMARTS) is 1. The SMILES string of the molecule is CC1CCC(Cn2c(N3CCOCC3c3ccc(Cl)cc3)nc3nc(/C(N)=N/C(=O)O)nc(N[C@H](C)C4CCC4)c32)CC1. The van der Waals surface area contributed by atoms with Crippen LogP contribution in [0.15, 0.2) is 29.3 Å². The second-order valence-corrected chi connectivity index (χ2v) is 12.9. The van der Waals surface area contributed by atoms with Crippen LogP contribution < -0.4 is 16.0 Å². The predicted octanol–water partition coefficient (Wildman–Crippen LogP) is 5.87. The Hall–Kier alpha value is -3.44. The van der Waals surface area contributed by atoms with E-state index >= 15 is 0 Å². The van der Waals surface area contributed by atoms with E-state index in [0.717, 1.165) is 42.3 Å². The summed E-state index contributed by atoms with van der Waals surface area (Å²) in [6.45, 7) is 7.05. The van der Waals surface area contributed by atoms with Crippen LogP contribution in [0.25, 0.3) is 11.2 Å². The Labute approximate surface area is 256 Å². The summed E-state index contributed by atoms with van der Waals surface area (Å²) in [6.07, 6.45) is 6.90. The first-order valence-electron chi connectivity index (χ1n) is 15.5. The molecule has 3 heterocycles. The Kier molecular flexibility index (Phi) is 8.72. The number of carbonyl (C=O) groups is 1. The van der Waals surface area contributed by atoms with Gasteiger partial charge in [0, 0.05) is 24.2 Å². The number of ether oxygens (including phenoxy) is 1. The second-order valence-electron chi connectivity index (χ2n) is 12.5. The van der Waals surface area contributed by atoms with Crippen LogP contribution in [-0.4, -0.2) is 62.4 Å². The van der Waals surface area contributed by atoms with Gasteiger partial charge in [0.2, 0.25) is 5.95 Å². The van der Waals surface area contributed by atoms with Crippen molar-refractivity contribution in [1.82, 2.24) is 19.5 Å². The number of benzene rings is 1. The van der Waals surface area contributed by atoms with Crippen LogP contribution in [0.2, 0.25) is 5.02 Å². The largest absolute Gasteiger partial charge is 0.463 e. The zero-order valence-corrected chi connectivity index (χ0v) is 25.6. The van der Waals surface area contributed by atoms with Crippen LogP contribution >= 0.6 is 11.6 Å². The van der Waals surface area contributed by atoms with Crippen molar-refractivity contribution in [3.05, 3.63) is 40.7 Å². The third kappa shape index (κ3) is 6.43. The minimum Gasteiger partial charge on any atom is -0.463 e. The molecule has 2 atom stereocenters. The molecule has 4 N–H and O–H groups in total. The van der Waals surface area contributed by atoms with Gasteiger partial charge in [0.25, 0.3) is 0 Å². The number of nitrogens with one attached hydrogen (secondary N) is 1. The lowest BCUT2D eigenvalue weighted by molar-refractivity contribution is 0.0927. The fraction of sp³-hybridized carbons (Fsp3) is 0.581. The van der Waals surface area contributed by atoms with Crippen molar-refractivity contribution >= 4 is 46.5 Å². The fourth-order valence-electron chi connectivity index (χ4n) is 6.63. The molecule has 3 fully saturated rings.